The van der Waals surface area contributed by atoms with Gasteiger partial charge in [-0.1, -0.05) is 6.07 Å². The molecule has 1 aromatic carbocycles. The van der Waals surface area contributed by atoms with Crippen LogP contribution in [0.5, 0.6) is 5.75 Å². The molecule has 0 radical (unpaired) electrons. The maximum Gasteiger partial charge on any atom is 0.253 e. The van der Waals surface area contributed by atoms with Gasteiger partial charge in [0.25, 0.3) is 5.91 Å². The molecule has 2 N–H and O–H groups in total. The Morgan fingerprint density at radius 3 is 2.84 bits per heavy atom. The Hall–Kier alpha value is -2.91. The molecule has 9 nitrogen and oxygen atoms in total. The summed E-state index contributed by atoms with van der Waals surface area (Å²) in [5, 5.41) is 14.3. The van der Waals surface area contributed by atoms with E-state index >= 15 is 0 Å². The van der Waals surface area contributed by atoms with Crippen molar-refractivity contribution in [1.82, 2.24) is 19.8 Å². The minimum atomic E-state index is -1.02. The lowest BCUT2D eigenvalue weighted by molar-refractivity contribution is -0.000140. The first kappa shape index (κ1) is 23.7. The van der Waals surface area contributed by atoms with Gasteiger partial charge in [0.1, 0.15) is 30.3 Å². The normalized spacial score (nSPS) is 18.5. The van der Waals surface area contributed by atoms with E-state index in [-0.39, 0.29) is 12.5 Å². The quantitative estimate of drug-likeness (QED) is 0.604. The van der Waals surface area contributed by atoms with Gasteiger partial charge in [-0.05, 0) is 45.1 Å². The van der Waals surface area contributed by atoms with E-state index in [4.69, 9.17) is 4.74 Å². The van der Waals surface area contributed by atoms with Crippen molar-refractivity contribution in [2.45, 2.75) is 18.4 Å². The third kappa shape index (κ3) is 6.30. The molecule has 32 heavy (non-hydrogen) atoms. The number of amides is 1. The van der Waals surface area contributed by atoms with Gasteiger partial charge in [-0.25, -0.2) is 9.97 Å². The summed E-state index contributed by atoms with van der Waals surface area (Å²) in [5.41, 5.74) is -0.478. The van der Waals surface area contributed by atoms with E-state index in [2.05, 4.69) is 15.3 Å². The molecule has 3 rings (SSSR count). The molecule has 2 heterocycles. The van der Waals surface area contributed by atoms with Crippen LogP contribution in [0.15, 0.2) is 36.7 Å². The summed E-state index contributed by atoms with van der Waals surface area (Å²) in [6.45, 7) is 2.78. The fourth-order valence-electron chi connectivity index (χ4n) is 3.89. The van der Waals surface area contributed by atoms with Crippen molar-refractivity contribution in [2.24, 2.45) is 0 Å². The SMILES string of the molecule is CNc1cc(N2CCC[C@@](O)(CN(C)C(=O)c3cccc(OCCN(C)C)c3)C2)ncn1. The molecule has 1 fully saturated rings. The topological polar surface area (TPSA) is 94.1 Å². The van der Waals surface area contributed by atoms with Crippen molar-refractivity contribution in [1.29, 1.82) is 0 Å². The minimum Gasteiger partial charge on any atom is -0.492 e. The van der Waals surface area contributed by atoms with Gasteiger partial charge < -0.3 is 29.9 Å². The van der Waals surface area contributed by atoms with E-state index in [1.54, 1.807) is 24.1 Å². The van der Waals surface area contributed by atoms with Gasteiger partial charge in [0, 0.05) is 45.4 Å². The first-order chi connectivity index (χ1) is 15.3. The second-order valence-electron chi connectivity index (χ2n) is 8.60. The molecular formula is C23H34N6O3. The smallest absolute Gasteiger partial charge is 0.253 e. The van der Waals surface area contributed by atoms with Crippen LogP contribution in [0, 0.1) is 0 Å². The first-order valence-corrected chi connectivity index (χ1v) is 10.9. The number of rotatable bonds is 9. The van der Waals surface area contributed by atoms with Gasteiger partial charge in [0.2, 0.25) is 0 Å². The second kappa shape index (κ2) is 10.6. The molecule has 174 valence electrons. The summed E-state index contributed by atoms with van der Waals surface area (Å²) >= 11 is 0. The highest BCUT2D eigenvalue weighted by Crippen LogP contribution is 2.27. The van der Waals surface area contributed by atoms with Crippen molar-refractivity contribution in [3.05, 3.63) is 42.2 Å². The van der Waals surface area contributed by atoms with Crippen LogP contribution in [0.25, 0.3) is 0 Å². The van der Waals surface area contributed by atoms with Crippen molar-refractivity contribution in [3.63, 3.8) is 0 Å². The van der Waals surface area contributed by atoms with Crippen molar-refractivity contribution < 1.29 is 14.6 Å². The van der Waals surface area contributed by atoms with Crippen LogP contribution < -0.4 is 15.0 Å². The average Bonchev–Trinajstić information content (AvgIpc) is 2.78. The van der Waals surface area contributed by atoms with E-state index < -0.39 is 5.60 Å². The molecule has 0 aliphatic carbocycles. The third-order valence-electron chi connectivity index (χ3n) is 5.55. The van der Waals surface area contributed by atoms with Crippen LogP contribution in [0.3, 0.4) is 0 Å². The van der Waals surface area contributed by atoms with E-state index in [0.29, 0.717) is 30.9 Å². The largest absolute Gasteiger partial charge is 0.492 e. The number of benzene rings is 1. The zero-order chi connectivity index (χ0) is 23.1. The van der Waals surface area contributed by atoms with Crippen molar-refractivity contribution in [3.8, 4) is 5.75 Å². The third-order valence-corrected chi connectivity index (χ3v) is 5.55. The number of aliphatic hydroxyl groups is 1. The summed E-state index contributed by atoms with van der Waals surface area (Å²) in [5.74, 6) is 2.01. The van der Waals surface area contributed by atoms with Crippen LogP contribution in [-0.4, -0.2) is 97.4 Å². The van der Waals surface area contributed by atoms with Gasteiger partial charge in [0.05, 0.1) is 12.1 Å². The summed E-state index contributed by atoms with van der Waals surface area (Å²) in [4.78, 5) is 27.2. The number of β-amino-alcohol motifs (C(OH)–C–C–N with tert-alkyl or cyclic N) is 1. The Bertz CT molecular complexity index is 909. The Balaban J connectivity index is 1.63. The molecular weight excluding hydrogens is 408 g/mol. The molecule has 1 aliphatic rings. The van der Waals surface area contributed by atoms with E-state index in [9.17, 15) is 9.90 Å². The zero-order valence-electron chi connectivity index (χ0n) is 19.4. The number of carbonyl (C=O) groups is 1. The van der Waals surface area contributed by atoms with Crippen molar-refractivity contribution >= 4 is 17.5 Å². The van der Waals surface area contributed by atoms with E-state index in [1.807, 2.05) is 49.1 Å². The molecule has 2 aromatic rings. The molecule has 1 atom stereocenters. The lowest BCUT2D eigenvalue weighted by Crippen LogP contribution is -2.54. The highest BCUT2D eigenvalue weighted by molar-refractivity contribution is 5.94. The average molecular weight is 443 g/mol. The molecule has 0 saturated carbocycles. The number of anilines is 2. The number of piperidine rings is 1. The molecule has 1 amide bonds. The highest BCUT2D eigenvalue weighted by atomic mass is 16.5. The number of aromatic nitrogens is 2. The monoisotopic (exact) mass is 442 g/mol. The van der Waals surface area contributed by atoms with Gasteiger partial charge in [-0.3, -0.25) is 4.79 Å². The zero-order valence-corrected chi connectivity index (χ0v) is 19.4. The standard InChI is InChI=1S/C23H34N6O3/c1-24-20-14-21(26-17-25-20)29-10-6-9-23(31,16-29)15-28(4)22(30)18-7-5-8-19(13-18)32-12-11-27(2)3/h5,7-8,13-14,17,31H,6,9-12,15-16H2,1-4H3,(H,24,25,26)/t23-/m1/s1. The van der Waals surface area contributed by atoms with Crippen LogP contribution in [0.2, 0.25) is 0 Å². The Labute approximate surface area is 190 Å². The number of hydrogen-bond acceptors (Lipinski definition) is 8. The van der Waals surface area contributed by atoms with E-state index in [1.165, 1.54) is 6.33 Å². The Morgan fingerprint density at radius 1 is 1.28 bits per heavy atom. The van der Waals surface area contributed by atoms with Crippen molar-refractivity contribution in [2.75, 3.05) is 71.2 Å². The summed E-state index contributed by atoms with van der Waals surface area (Å²) < 4.78 is 5.75. The number of ether oxygens (including phenoxy) is 1. The van der Waals surface area contributed by atoms with Gasteiger partial charge >= 0.3 is 0 Å². The Morgan fingerprint density at radius 2 is 2.09 bits per heavy atom. The van der Waals surface area contributed by atoms with Crippen LogP contribution in [0.4, 0.5) is 11.6 Å². The van der Waals surface area contributed by atoms with Crippen LogP contribution in [-0.2, 0) is 0 Å². The van der Waals surface area contributed by atoms with Gasteiger partial charge in [-0.15, -0.1) is 0 Å². The molecule has 0 spiro atoms. The lowest BCUT2D eigenvalue weighted by atomic mass is 9.92. The fraction of sp³-hybridized carbons (Fsp3) is 0.522. The highest BCUT2D eigenvalue weighted by Gasteiger charge is 2.36. The predicted octanol–water partition coefficient (Wildman–Crippen LogP) is 1.56. The van der Waals surface area contributed by atoms with Crippen LogP contribution >= 0.6 is 0 Å². The molecule has 0 unspecified atom stereocenters. The maximum absolute atomic E-state index is 13.0. The van der Waals surface area contributed by atoms with Crippen LogP contribution in [0.1, 0.15) is 23.2 Å². The summed E-state index contributed by atoms with van der Waals surface area (Å²) in [7, 11) is 7.50. The van der Waals surface area contributed by atoms with Gasteiger partial charge in [-0.2, -0.15) is 0 Å². The summed E-state index contributed by atoms with van der Waals surface area (Å²) in [6, 6.07) is 9.06. The number of nitrogens with one attached hydrogen (secondary N) is 1. The second-order valence-corrected chi connectivity index (χ2v) is 8.60. The van der Waals surface area contributed by atoms with Gasteiger partial charge in [0.15, 0.2) is 0 Å². The molecule has 1 aliphatic heterocycles. The number of nitrogens with zero attached hydrogens (tertiary/aromatic N) is 5. The maximum atomic E-state index is 13.0. The number of likely N-dealkylation sites (N-methyl/N-ethyl adjacent to an activating group) is 2. The minimum absolute atomic E-state index is 0.145. The predicted molar refractivity (Wildman–Crippen MR) is 125 cm³/mol. The molecule has 1 saturated heterocycles. The summed E-state index contributed by atoms with van der Waals surface area (Å²) in [6.07, 6.45) is 2.95. The fourth-order valence-corrected chi connectivity index (χ4v) is 3.89. The number of hydrogen-bond donors (Lipinski definition) is 2. The van der Waals surface area contributed by atoms with E-state index in [0.717, 1.165) is 31.1 Å². The first-order valence-electron chi connectivity index (χ1n) is 10.9. The lowest BCUT2D eigenvalue weighted by Gasteiger charge is -2.41. The molecule has 0 bridgehead atoms. The Kier molecular flexibility index (Phi) is 7.87. The number of carbonyl (C=O) groups excluding carboxylic acids is 1. The molecule has 9 heteroatoms. The molecule has 1 aromatic heterocycles.